The lowest BCUT2D eigenvalue weighted by atomic mass is 9.78. The normalized spacial score (nSPS) is 19.5. The molecule has 2 saturated heterocycles. The van der Waals surface area contributed by atoms with Crippen LogP contribution in [0.5, 0.6) is 0 Å². The number of morpholine rings is 1. The summed E-state index contributed by atoms with van der Waals surface area (Å²) in [4.78, 5) is 18.6. The number of rotatable bonds is 5. The fraction of sp³-hybridized carbons (Fsp3) is 0.345. The van der Waals surface area contributed by atoms with Gasteiger partial charge in [-0.05, 0) is 35.6 Å². The van der Waals surface area contributed by atoms with Gasteiger partial charge in [-0.25, -0.2) is 0 Å². The second-order valence-corrected chi connectivity index (χ2v) is 9.59. The molecule has 2 aliphatic heterocycles. The zero-order chi connectivity index (χ0) is 23.4. The number of nitrogens with zero attached hydrogens (tertiary/aromatic N) is 2. The van der Waals surface area contributed by atoms with Crippen molar-refractivity contribution >= 4 is 17.5 Å². The quantitative estimate of drug-likeness (QED) is 0.501. The van der Waals surface area contributed by atoms with Crippen LogP contribution < -0.4 is 0 Å². The molecule has 0 N–H and O–H groups in total. The van der Waals surface area contributed by atoms with Gasteiger partial charge in [-0.15, -0.1) is 0 Å². The lowest BCUT2D eigenvalue weighted by Crippen LogP contribution is -2.57. The molecule has 0 radical (unpaired) electrons. The maximum Gasteiger partial charge on any atom is 0.234 e. The number of halogens is 1. The van der Waals surface area contributed by atoms with Crippen molar-refractivity contribution in [1.82, 2.24) is 9.80 Å². The van der Waals surface area contributed by atoms with E-state index in [1.165, 1.54) is 5.56 Å². The molecular formula is C29H31ClN2O2. The molecule has 0 spiro atoms. The minimum atomic E-state index is -0.400. The molecule has 5 heteroatoms. The first kappa shape index (κ1) is 23.1. The molecule has 2 heterocycles. The van der Waals surface area contributed by atoms with Gasteiger partial charge in [-0.1, -0.05) is 90.5 Å². The van der Waals surface area contributed by atoms with Gasteiger partial charge in [0.25, 0.3) is 0 Å². The highest BCUT2D eigenvalue weighted by atomic mass is 35.5. The molecule has 1 amide bonds. The van der Waals surface area contributed by atoms with E-state index in [0.717, 1.165) is 63.4 Å². The first-order valence-corrected chi connectivity index (χ1v) is 12.5. The van der Waals surface area contributed by atoms with E-state index in [-0.39, 0.29) is 11.4 Å². The summed E-state index contributed by atoms with van der Waals surface area (Å²) < 4.78 is 5.65. The molecule has 3 aromatic carbocycles. The van der Waals surface area contributed by atoms with Crippen LogP contribution in [0.15, 0.2) is 84.9 Å². The zero-order valence-corrected chi connectivity index (χ0v) is 20.2. The molecule has 2 aliphatic rings. The van der Waals surface area contributed by atoms with Crippen LogP contribution in [0.2, 0.25) is 5.02 Å². The van der Waals surface area contributed by atoms with Gasteiger partial charge in [0.2, 0.25) is 5.91 Å². The van der Waals surface area contributed by atoms with Crippen molar-refractivity contribution in [3.63, 3.8) is 0 Å². The lowest BCUT2D eigenvalue weighted by Gasteiger charge is -2.50. The predicted molar refractivity (Wildman–Crippen MR) is 136 cm³/mol. The third-order valence-electron chi connectivity index (χ3n) is 7.43. The minimum absolute atomic E-state index is 0.0611. The Balaban J connectivity index is 1.43. The summed E-state index contributed by atoms with van der Waals surface area (Å²) >= 11 is 6.59. The molecule has 4 nitrogen and oxygen atoms in total. The number of hydrogen-bond donors (Lipinski definition) is 0. The Labute approximate surface area is 207 Å². The largest absolute Gasteiger partial charge is 0.379 e. The summed E-state index contributed by atoms with van der Waals surface area (Å²) in [5, 5.41) is 0.633. The van der Waals surface area contributed by atoms with E-state index >= 15 is 0 Å². The summed E-state index contributed by atoms with van der Waals surface area (Å²) in [6, 6.07) is 28.5. The number of ether oxygens (including phenoxy) is 1. The van der Waals surface area contributed by atoms with E-state index in [2.05, 4.69) is 35.2 Å². The molecule has 176 valence electrons. The highest BCUT2D eigenvalue weighted by Gasteiger charge is 2.43. The molecule has 5 rings (SSSR count). The van der Waals surface area contributed by atoms with E-state index in [9.17, 15) is 4.79 Å². The van der Waals surface area contributed by atoms with Crippen LogP contribution in [0, 0.1) is 0 Å². The summed E-state index contributed by atoms with van der Waals surface area (Å²) in [6.45, 7) is 4.82. The first-order valence-electron chi connectivity index (χ1n) is 12.2. The van der Waals surface area contributed by atoms with Crippen molar-refractivity contribution in [3.8, 4) is 0 Å². The highest BCUT2D eigenvalue weighted by Crippen LogP contribution is 2.41. The van der Waals surface area contributed by atoms with Crippen LogP contribution in [-0.4, -0.2) is 55.1 Å². The van der Waals surface area contributed by atoms with Gasteiger partial charge in [0.05, 0.1) is 19.1 Å². The standard InChI is InChI=1S/C29H31ClN2O2/c30-26-14-8-7-13-25(26)27(23-9-3-1-4-10-23)28(33)31-17-15-29(16-18-31,24-11-5-2-6-12-24)32-19-21-34-22-20-32/h1-14,27H,15-22H2. The number of likely N-dealkylation sites (tertiary alicyclic amines) is 1. The predicted octanol–water partition coefficient (Wildman–Crippen LogP) is 5.32. The van der Waals surface area contributed by atoms with Crippen molar-refractivity contribution in [2.24, 2.45) is 0 Å². The van der Waals surface area contributed by atoms with Crippen molar-refractivity contribution in [2.45, 2.75) is 24.3 Å². The minimum Gasteiger partial charge on any atom is -0.379 e. The number of carbonyl (C=O) groups is 1. The Morgan fingerprint density at radius 3 is 2.03 bits per heavy atom. The Kier molecular flexibility index (Phi) is 7.00. The van der Waals surface area contributed by atoms with Gasteiger partial charge < -0.3 is 9.64 Å². The molecule has 1 unspecified atom stereocenters. The summed E-state index contributed by atoms with van der Waals surface area (Å²) in [5.74, 6) is -0.273. The van der Waals surface area contributed by atoms with Crippen LogP contribution in [-0.2, 0) is 15.1 Å². The van der Waals surface area contributed by atoms with Crippen molar-refractivity contribution < 1.29 is 9.53 Å². The van der Waals surface area contributed by atoms with Gasteiger partial charge in [0.15, 0.2) is 0 Å². The second kappa shape index (κ2) is 10.3. The molecule has 0 aliphatic carbocycles. The van der Waals surface area contributed by atoms with Gasteiger partial charge in [0.1, 0.15) is 0 Å². The Morgan fingerprint density at radius 1 is 0.794 bits per heavy atom. The second-order valence-electron chi connectivity index (χ2n) is 9.19. The highest BCUT2D eigenvalue weighted by molar-refractivity contribution is 6.31. The van der Waals surface area contributed by atoms with Crippen LogP contribution >= 0.6 is 11.6 Å². The molecular weight excluding hydrogens is 444 g/mol. The Morgan fingerprint density at radius 2 is 1.38 bits per heavy atom. The number of hydrogen-bond acceptors (Lipinski definition) is 3. The number of benzene rings is 3. The first-order chi connectivity index (χ1) is 16.7. The summed E-state index contributed by atoms with van der Waals surface area (Å²) in [7, 11) is 0. The number of amides is 1. The Hall–Kier alpha value is -2.66. The van der Waals surface area contributed by atoms with E-state index in [1.807, 2.05) is 59.5 Å². The lowest BCUT2D eigenvalue weighted by molar-refractivity contribution is -0.136. The van der Waals surface area contributed by atoms with Crippen molar-refractivity contribution in [1.29, 1.82) is 0 Å². The van der Waals surface area contributed by atoms with Crippen LogP contribution in [0.1, 0.15) is 35.4 Å². The van der Waals surface area contributed by atoms with Gasteiger partial charge in [0, 0.05) is 36.7 Å². The topological polar surface area (TPSA) is 32.8 Å². The van der Waals surface area contributed by atoms with E-state index in [0.29, 0.717) is 5.02 Å². The fourth-order valence-electron chi connectivity index (χ4n) is 5.62. The molecule has 2 fully saturated rings. The monoisotopic (exact) mass is 474 g/mol. The molecule has 3 aromatic rings. The van der Waals surface area contributed by atoms with Gasteiger partial charge in [-0.3, -0.25) is 9.69 Å². The zero-order valence-electron chi connectivity index (χ0n) is 19.4. The van der Waals surface area contributed by atoms with E-state index < -0.39 is 5.92 Å². The molecule has 0 bridgehead atoms. The van der Waals surface area contributed by atoms with Crippen molar-refractivity contribution in [2.75, 3.05) is 39.4 Å². The SMILES string of the molecule is O=C(C(c1ccccc1)c1ccccc1Cl)N1CCC(c2ccccc2)(N2CCOCC2)CC1. The molecule has 34 heavy (non-hydrogen) atoms. The van der Waals surface area contributed by atoms with Crippen LogP contribution in [0.3, 0.4) is 0 Å². The number of carbonyl (C=O) groups excluding carboxylic acids is 1. The van der Waals surface area contributed by atoms with Gasteiger partial charge in [-0.2, -0.15) is 0 Å². The molecule has 0 saturated carbocycles. The fourth-order valence-corrected chi connectivity index (χ4v) is 5.86. The summed E-state index contributed by atoms with van der Waals surface area (Å²) in [6.07, 6.45) is 1.82. The number of piperidine rings is 1. The third kappa shape index (κ3) is 4.50. The smallest absolute Gasteiger partial charge is 0.234 e. The van der Waals surface area contributed by atoms with E-state index in [1.54, 1.807) is 0 Å². The van der Waals surface area contributed by atoms with E-state index in [4.69, 9.17) is 16.3 Å². The van der Waals surface area contributed by atoms with Crippen LogP contribution in [0.25, 0.3) is 0 Å². The van der Waals surface area contributed by atoms with Crippen molar-refractivity contribution in [3.05, 3.63) is 107 Å². The van der Waals surface area contributed by atoms with Crippen LogP contribution in [0.4, 0.5) is 0 Å². The average molecular weight is 475 g/mol. The average Bonchev–Trinajstić information content (AvgIpc) is 2.91. The Bertz CT molecular complexity index is 1090. The third-order valence-corrected chi connectivity index (χ3v) is 7.77. The maximum atomic E-state index is 14.0. The molecule has 0 aromatic heterocycles. The summed E-state index contributed by atoms with van der Waals surface area (Å²) in [5.41, 5.74) is 3.13. The maximum absolute atomic E-state index is 14.0. The van der Waals surface area contributed by atoms with Gasteiger partial charge >= 0.3 is 0 Å². The molecule has 1 atom stereocenters.